The summed E-state index contributed by atoms with van der Waals surface area (Å²) in [6.45, 7) is 0. The zero-order chi connectivity index (χ0) is 31.2. The van der Waals surface area contributed by atoms with Crippen molar-refractivity contribution in [3.8, 4) is 0 Å². The number of nitrogens with zero attached hydrogens (tertiary/aromatic N) is 4. The molecule has 2 aliphatic heterocycles. The standard InChI is InChI=1S/C33H28N4O6S2/c38-36(39)24-11-15-26(16-12-24)44-20-28-32(22-7-3-1-4-8-22)42-30(34-28)19-31-35-29(33(43-31)23-9-5-2-6-10-23)21-45-27-17-13-25(14-18-27)37(40)41/h1-18,28-29,32-33H,19-21H2/t28-,29-,32-,33-/m0/s1. The summed E-state index contributed by atoms with van der Waals surface area (Å²) < 4.78 is 12.8. The first kappa shape index (κ1) is 30.4. The summed E-state index contributed by atoms with van der Waals surface area (Å²) in [5.41, 5.74) is 2.14. The second kappa shape index (κ2) is 14.0. The largest absolute Gasteiger partial charge is 0.470 e. The van der Waals surface area contributed by atoms with Crippen molar-refractivity contribution in [1.29, 1.82) is 0 Å². The van der Waals surface area contributed by atoms with Crippen molar-refractivity contribution >= 4 is 46.7 Å². The number of rotatable bonds is 12. The molecule has 4 atom stereocenters. The second-order valence-corrected chi connectivity index (χ2v) is 12.6. The first-order valence-corrected chi connectivity index (χ1v) is 16.2. The van der Waals surface area contributed by atoms with Crippen LogP contribution in [0.3, 0.4) is 0 Å². The molecule has 0 fully saturated rings. The maximum atomic E-state index is 11.0. The Bertz CT molecular complexity index is 1580. The Labute approximate surface area is 267 Å². The van der Waals surface area contributed by atoms with E-state index in [1.54, 1.807) is 47.8 Å². The van der Waals surface area contributed by atoms with Gasteiger partial charge in [-0.3, -0.25) is 20.2 Å². The summed E-state index contributed by atoms with van der Waals surface area (Å²) in [5, 5.41) is 22.1. The Morgan fingerprint density at radius 3 is 1.31 bits per heavy atom. The van der Waals surface area contributed by atoms with E-state index < -0.39 is 9.85 Å². The minimum absolute atomic E-state index is 0.0570. The van der Waals surface area contributed by atoms with E-state index >= 15 is 0 Å². The first-order valence-electron chi connectivity index (χ1n) is 14.2. The van der Waals surface area contributed by atoms with Crippen molar-refractivity contribution in [2.24, 2.45) is 9.98 Å². The number of non-ortho nitro benzene ring substituents is 2. The van der Waals surface area contributed by atoms with Crippen LogP contribution in [-0.4, -0.2) is 45.2 Å². The number of nitro groups is 2. The SMILES string of the molecule is O=[N+]([O-])c1ccc(SC[C@@H]2N=C(CC3=N[C@@H](CSc4ccc([N+](=O)[O-])cc4)[C@H](c4ccccc4)O3)O[C@H]2c2ccccc2)cc1. The minimum Gasteiger partial charge on any atom is -0.470 e. The van der Waals surface area contributed by atoms with Crippen LogP contribution >= 0.6 is 23.5 Å². The molecular formula is C33H28N4O6S2. The lowest BCUT2D eigenvalue weighted by atomic mass is 10.0. The van der Waals surface area contributed by atoms with Gasteiger partial charge in [0.05, 0.1) is 16.3 Å². The van der Waals surface area contributed by atoms with E-state index in [0.717, 1.165) is 20.9 Å². The van der Waals surface area contributed by atoms with E-state index in [-0.39, 0.29) is 35.7 Å². The molecule has 6 rings (SSSR count). The average molecular weight is 641 g/mol. The van der Waals surface area contributed by atoms with E-state index in [4.69, 9.17) is 19.5 Å². The van der Waals surface area contributed by atoms with Gasteiger partial charge in [0.15, 0.2) is 11.8 Å². The number of nitro benzene ring substituents is 2. The number of hydrogen-bond donors (Lipinski definition) is 0. The predicted molar refractivity (Wildman–Crippen MR) is 175 cm³/mol. The Morgan fingerprint density at radius 2 is 0.956 bits per heavy atom. The van der Waals surface area contributed by atoms with Crippen molar-refractivity contribution in [1.82, 2.24) is 0 Å². The van der Waals surface area contributed by atoms with Crippen molar-refractivity contribution in [3.63, 3.8) is 0 Å². The van der Waals surface area contributed by atoms with Crippen LogP contribution in [0.15, 0.2) is 129 Å². The van der Waals surface area contributed by atoms with Gasteiger partial charge < -0.3 is 9.47 Å². The fourth-order valence-electron chi connectivity index (χ4n) is 5.13. The summed E-state index contributed by atoms with van der Waals surface area (Å²) in [6.07, 6.45) is -0.260. The van der Waals surface area contributed by atoms with E-state index in [1.807, 2.05) is 60.7 Å². The summed E-state index contributed by atoms with van der Waals surface area (Å²) >= 11 is 3.15. The Morgan fingerprint density at radius 1 is 0.578 bits per heavy atom. The molecule has 0 N–H and O–H groups in total. The molecule has 0 spiro atoms. The molecule has 2 heterocycles. The molecule has 228 valence electrons. The Kier molecular flexibility index (Phi) is 9.41. The molecule has 2 aliphatic rings. The molecule has 0 aliphatic carbocycles. The molecule has 0 aromatic heterocycles. The number of hydrogen-bond acceptors (Lipinski definition) is 10. The monoisotopic (exact) mass is 640 g/mol. The fourth-order valence-corrected chi connectivity index (χ4v) is 7.01. The fraction of sp³-hybridized carbons (Fsp3) is 0.212. The second-order valence-electron chi connectivity index (χ2n) is 10.4. The van der Waals surface area contributed by atoms with Crippen LogP contribution in [0.25, 0.3) is 0 Å². The maximum absolute atomic E-state index is 11.0. The third kappa shape index (κ3) is 7.52. The highest BCUT2D eigenvalue weighted by Gasteiger charge is 2.37. The normalized spacial score (nSPS) is 20.5. The van der Waals surface area contributed by atoms with Gasteiger partial charge in [0.1, 0.15) is 24.3 Å². The highest BCUT2D eigenvalue weighted by molar-refractivity contribution is 7.99. The molecule has 4 aromatic rings. The summed E-state index contributed by atoms with van der Waals surface area (Å²) in [7, 11) is 0. The predicted octanol–water partition coefficient (Wildman–Crippen LogP) is 7.85. The zero-order valence-corrected chi connectivity index (χ0v) is 25.5. The number of ether oxygens (including phenoxy) is 2. The van der Waals surface area contributed by atoms with Crippen LogP contribution in [0.1, 0.15) is 29.8 Å². The van der Waals surface area contributed by atoms with Gasteiger partial charge >= 0.3 is 0 Å². The van der Waals surface area contributed by atoms with Crippen LogP contribution in [0.2, 0.25) is 0 Å². The molecule has 12 heteroatoms. The van der Waals surface area contributed by atoms with E-state index in [9.17, 15) is 20.2 Å². The van der Waals surface area contributed by atoms with Crippen LogP contribution < -0.4 is 0 Å². The van der Waals surface area contributed by atoms with E-state index in [2.05, 4.69) is 0 Å². The van der Waals surface area contributed by atoms with E-state index in [0.29, 0.717) is 29.7 Å². The third-order valence-electron chi connectivity index (χ3n) is 7.34. The third-order valence-corrected chi connectivity index (χ3v) is 9.57. The number of benzene rings is 4. The maximum Gasteiger partial charge on any atom is 0.269 e. The van der Waals surface area contributed by atoms with Gasteiger partial charge in [0.2, 0.25) is 0 Å². The molecule has 0 saturated carbocycles. The van der Waals surface area contributed by atoms with Gasteiger partial charge in [0.25, 0.3) is 11.4 Å². The molecule has 0 amide bonds. The summed E-state index contributed by atoms with van der Waals surface area (Å²) in [4.78, 5) is 33.0. The summed E-state index contributed by atoms with van der Waals surface area (Å²) in [6, 6.07) is 32.6. The van der Waals surface area contributed by atoms with Gasteiger partial charge in [-0.2, -0.15) is 0 Å². The lowest BCUT2D eigenvalue weighted by Crippen LogP contribution is -2.17. The first-order chi connectivity index (χ1) is 21.9. The zero-order valence-electron chi connectivity index (χ0n) is 23.9. The van der Waals surface area contributed by atoms with Crippen LogP contribution in [0.5, 0.6) is 0 Å². The van der Waals surface area contributed by atoms with Crippen LogP contribution in [-0.2, 0) is 9.47 Å². The van der Waals surface area contributed by atoms with Gasteiger partial charge in [0, 0.05) is 45.6 Å². The quantitative estimate of drug-likeness (QED) is 0.0869. The van der Waals surface area contributed by atoms with Crippen molar-refractivity contribution in [3.05, 3.63) is 141 Å². The number of thioether (sulfide) groups is 2. The van der Waals surface area contributed by atoms with Gasteiger partial charge in [-0.25, -0.2) is 9.98 Å². The Balaban J connectivity index is 1.17. The average Bonchev–Trinajstić information content (AvgIpc) is 3.67. The van der Waals surface area contributed by atoms with Gasteiger partial charge in [-0.15, -0.1) is 23.5 Å². The molecular weight excluding hydrogens is 613 g/mol. The minimum atomic E-state index is -0.406. The van der Waals surface area contributed by atoms with Crippen molar-refractivity contribution < 1.29 is 19.3 Å². The highest BCUT2D eigenvalue weighted by Crippen LogP contribution is 2.37. The smallest absolute Gasteiger partial charge is 0.269 e. The van der Waals surface area contributed by atoms with Gasteiger partial charge in [-0.1, -0.05) is 60.7 Å². The van der Waals surface area contributed by atoms with Crippen LogP contribution in [0.4, 0.5) is 11.4 Å². The molecule has 10 nitrogen and oxygen atoms in total. The Hall–Kier alpha value is -4.68. The summed E-state index contributed by atoms with van der Waals surface area (Å²) in [5.74, 6) is 2.34. The van der Waals surface area contributed by atoms with E-state index in [1.165, 1.54) is 24.3 Å². The lowest BCUT2D eigenvalue weighted by Gasteiger charge is -2.18. The van der Waals surface area contributed by atoms with Crippen LogP contribution in [0, 0.1) is 20.2 Å². The molecule has 0 saturated heterocycles. The molecule has 0 unspecified atom stereocenters. The number of aliphatic imine (C=N–C) groups is 2. The highest BCUT2D eigenvalue weighted by atomic mass is 32.2. The molecule has 0 bridgehead atoms. The molecule has 45 heavy (non-hydrogen) atoms. The van der Waals surface area contributed by atoms with Gasteiger partial charge in [-0.05, 0) is 35.4 Å². The van der Waals surface area contributed by atoms with Crippen molar-refractivity contribution in [2.75, 3.05) is 11.5 Å². The van der Waals surface area contributed by atoms with Crippen molar-refractivity contribution in [2.45, 2.75) is 40.5 Å². The lowest BCUT2D eigenvalue weighted by molar-refractivity contribution is -0.385. The molecule has 0 radical (unpaired) electrons. The topological polar surface area (TPSA) is 129 Å². The molecule has 4 aromatic carbocycles.